The molecule has 0 aliphatic heterocycles. The van der Waals surface area contributed by atoms with Crippen molar-refractivity contribution < 1.29 is 17.9 Å². The number of nitrogens with zero attached hydrogens (tertiary/aromatic N) is 3. The minimum Gasteiger partial charge on any atom is -0.497 e. The highest BCUT2D eigenvalue weighted by atomic mass is 19.4. The van der Waals surface area contributed by atoms with Gasteiger partial charge in [-0.3, -0.25) is 0 Å². The molecule has 0 unspecified atom stereocenters. The Balaban J connectivity index is 2.17. The number of benzene rings is 1. The zero-order valence-electron chi connectivity index (χ0n) is 12.3. The Kier molecular flexibility index (Phi) is 3.59. The molecule has 0 aliphatic rings. The maximum Gasteiger partial charge on any atom is 0.449 e. The van der Waals surface area contributed by atoms with E-state index in [0.717, 1.165) is 0 Å². The summed E-state index contributed by atoms with van der Waals surface area (Å²) < 4.78 is 45.7. The lowest BCUT2D eigenvalue weighted by Gasteiger charge is -2.04. The Morgan fingerprint density at radius 1 is 1.17 bits per heavy atom. The van der Waals surface area contributed by atoms with Crippen LogP contribution in [0.4, 0.5) is 13.2 Å². The van der Waals surface area contributed by atoms with E-state index >= 15 is 0 Å². The van der Waals surface area contributed by atoms with Crippen molar-refractivity contribution in [3.63, 3.8) is 0 Å². The SMILES string of the molecule is COc1ccc(-c2nc(C(F)(F)F)[nH]c2-c2nccn2C)cc1. The first kappa shape index (κ1) is 15.1. The monoisotopic (exact) mass is 322 g/mol. The van der Waals surface area contributed by atoms with Crippen LogP contribution in [0.15, 0.2) is 36.7 Å². The van der Waals surface area contributed by atoms with Gasteiger partial charge in [0.15, 0.2) is 5.82 Å². The van der Waals surface area contributed by atoms with Crippen LogP contribution in [0.25, 0.3) is 22.8 Å². The predicted octanol–water partition coefficient (Wildman–Crippen LogP) is 3.50. The van der Waals surface area contributed by atoms with E-state index in [-0.39, 0.29) is 11.4 Å². The standard InChI is InChI=1S/C15H13F3N4O/c1-22-8-7-19-13(22)12-11(20-14(21-12)15(16,17)18)9-3-5-10(23-2)6-4-9/h3-8H,1-2H3,(H,20,21). The lowest BCUT2D eigenvalue weighted by Crippen LogP contribution is -2.07. The van der Waals surface area contributed by atoms with Crippen molar-refractivity contribution in [3.8, 4) is 28.5 Å². The average molecular weight is 322 g/mol. The number of ether oxygens (including phenoxy) is 1. The highest BCUT2D eigenvalue weighted by Gasteiger charge is 2.36. The molecule has 0 atom stereocenters. The Morgan fingerprint density at radius 2 is 1.87 bits per heavy atom. The lowest BCUT2D eigenvalue weighted by atomic mass is 10.1. The van der Waals surface area contributed by atoms with Crippen LogP contribution in [0.3, 0.4) is 0 Å². The van der Waals surface area contributed by atoms with Crippen LogP contribution in [0.5, 0.6) is 5.75 Å². The molecule has 0 saturated carbocycles. The van der Waals surface area contributed by atoms with Gasteiger partial charge in [0, 0.05) is 25.0 Å². The van der Waals surface area contributed by atoms with Crippen LogP contribution in [0.1, 0.15) is 5.82 Å². The molecular weight excluding hydrogens is 309 g/mol. The van der Waals surface area contributed by atoms with E-state index in [1.54, 1.807) is 42.1 Å². The van der Waals surface area contributed by atoms with Crippen LogP contribution in [0.2, 0.25) is 0 Å². The molecule has 0 amide bonds. The molecular formula is C15H13F3N4O. The second kappa shape index (κ2) is 5.45. The molecule has 0 spiro atoms. The average Bonchev–Trinajstić information content (AvgIpc) is 3.12. The number of alkyl halides is 3. The van der Waals surface area contributed by atoms with Crippen molar-refractivity contribution >= 4 is 0 Å². The summed E-state index contributed by atoms with van der Waals surface area (Å²) in [6.45, 7) is 0. The number of aryl methyl sites for hydroxylation is 1. The van der Waals surface area contributed by atoms with E-state index < -0.39 is 12.0 Å². The number of hydrogen-bond acceptors (Lipinski definition) is 3. The summed E-state index contributed by atoms with van der Waals surface area (Å²) in [7, 11) is 3.22. The van der Waals surface area contributed by atoms with Gasteiger partial charge in [0.25, 0.3) is 0 Å². The number of rotatable bonds is 3. The summed E-state index contributed by atoms with van der Waals surface area (Å²) in [4.78, 5) is 10.2. The van der Waals surface area contributed by atoms with Gasteiger partial charge in [-0.25, -0.2) is 9.97 Å². The van der Waals surface area contributed by atoms with Crippen molar-refractivity contribution in [2.45, 2.75) is 6.18 Å². The topological polar surface area (TPSA) is 55.7 Å². The lowest BCUT2D eigenvalue weighted by molar-refractivity contribution is -0.144. The Morgan fingerprint density at radius 3 is 2.39 bits per heavy atom. The van der Waals surface area contributed by atoms with Gasteiger partial charge in [0.05, 0.1) is 7.11 Å². The van der Waals surface area contributed by atoms with Crippen molar-refractivity contribution in [1.29, 1.82) is 0 Å². The third kappa shape index (κ3) is 2.79. The smallest absolute Gasteiger partial charge is 0.449 e. The van der Waals surface area contributed by atoms with Crippen LogP contribution in [-0.2, 0) is 13.2 Å². The van der Waals surface area contributed by atoms with Crippen molar-refractivity contribution in [2.75, 3.05) is 7.11 Å². The number of hydrogen-bond donors (Lipinski definition) is 1. The van der Waals surface area contributed by atoms with Gasteiger partial charge < -0.3 is 14.3 Å². The molecule has 0 bridgehead atoms. The largest absolute Gasteiger partial charge is 0.497 e. The third-order valence-corrected chi connectivity index (χ3v) is 3.38. The number of aromatic amines is 1. The molecule has 2 heterocycles. The minimum atomic E-state index is -4.56. The van der Waals surface area contributed by atoms with E-state index in [4.69, 9.17) is 4.74 Å². The van der Waals surface area contributed by atoms with Gasteiger partial charge in [-0.05, 0) is 24.3 Å². The van der Waals surface area contributed by atoms with Gasteiger partial charge in [0.1, 0.15) is 17.1 Å². The normalized spacial score (nSPS) is 11.7. The minimum absolute atomic E-state index is 0.189. The Labute approximate surface area is 129 Å². The Hall–Kier alpha value is -2.77. The zero-order chi connectivity index (χ0) is 16.6. The van der Waals surface area contributed by atoms with E-state index in [2.05, 4.69) is 15.0 Å². The molecule has 0 saturated heterocycles. The van der Waals surface area contributed by atoms with E-state index in [0.29, 0.717) is 17.1 Å². The number of methoxy groups -OCH3 is 1. The fraction of sp³-hybridized carbons (Fsp3) is 0.200. The summed E-state index contributed by atoms with van der Waals surface area (Å²) in [5.41, 5.74) is 0.944. The van der Waals surface area contributed by atoms with Gasteiger partial charge in [-0.15, -0.1) is 0 Å². The first-order valence-corrected chi connectivity index (χ1v) is 6.69. The summed E-state index contributed by atoms with van der Waals surface area (Å²) in [6.07, 6.45) is -1.40. The van der Waals surface area contributed by atoms with Crippen LogP contribution in [-0.4, -0.2) is 26.6 Å². The second-order valence-electron chi connectivity index (χ2n) is 4.90. The second-order valence-corrected chi connectivity index (χ2v) is 4.90. The molecule has 0 aliphatic carbocycles. The number of halogens is 3. The maximum absolute atomic E-state index is 13.0. The molecule has 2 aromatic heterocycles. The molecule has 3 aromatic rings. The van der Waals surface area contributed by atoms with Gasteiger partial charge in [0.2, 0.25) is 5.82 Å². The summed E-state index contributed by atoms with van der Waals surface area (Å²) in [6, 6.07) is 6.64. The van der Waals surface area contributed by atoms with E-state index in [9.17, 15) is 13.2 Å². The number of nitrogens with one attached hydrogen (secondary N) is 1. The van der Waals surface area contributed by atoms with Crippen LogP contribution in [0, 0.1) is 0 Å². The van der Waals surface area contributed by atoms with E-state index in [1.807, 2.05) is 0 Å². The number of aromatic nitrogens is 4. The fourth-order valence-electron chi connectivity index (χ4n) is 2.23. The van der Waals surface area contributed by atoms with Gasteiger partial charge in [-0.2, -0.15) is 13.2 Å². The fourth-order valence-corrected chi connectivity index (χ4v) is 2.23. The molecule has 8 heteroatoms. The third-order valence-electron chi connectivity index (χ3n) is 3.38. The van der Waals surface area contributed by atoms with Crippen LogP contribution >= 0.6 is 0 Å². The first-order valence-electron chi connectivity index (χ1n) is 6.69. The molecule has 3 rings (SSSR count). The molecule has 0 radical (unpaired) electrons. The van der Waals surface area contributed by atoms with Crippen LogP contribution < -0.4 is 4.74 Å². The highest BCUT2D eigenvalue weighted by molar-refractivity contribution is 5.75. The van der Waals surface area contributed by atoms with Gasteiger partial charge >= 0.3 is 6.18 Å². The van der Waals surface area contributed by atoms with E-state index in [1.165, 1.54) is 13.3 Å². The summed E-state index contributed by atoms with van der Waals surface area (Å²) in [5, 5.41) is 0. The predicted molar refractivity (Wildman–Crippen MR) is 77.8 cm³/mol. The Bertz CT molecular complexity index is 818. The number of imidazole rings is 2. The molecule has 0 fully saturated rings. The van der Waals surface area contributed by atoms with Gasteiger partial charge in [-0.1, -0.05) is 0 Å². The first-order chi connectivity index (χ1) is 10.9. The summed E-state index contributed by atoms with van der Waals surface area (Å²) >= 11 is 0. The quantitative estimate of drug-likeness (QED) is 0.803. The van der Waals surface area contributed by atoms with Crippen molar-refractivity contribution in [2.24, 2.45) is 7.05 Å². The zero-order valence-corrected chi connectivity index (χ0v) is 12.3. The molecule has 23 heavy (non-hydrogen) atoms. The molecule has 1 aromatic carbocycles. The maximum atomic E-state index is 13.0. The number of H-pyrrole nitrogens is 1. The van der Waals surface area contributed by atoms with Crippen molar-refractivity contribution in [1.82, 2.24) is 19.5 Å². The summed E-state index contributed by atoms with van der Waals surface area (Å²) in [5.74, 6) is -0.0704. The van der Waals surface area contributed by atoms with Crippen molar-refractivity contribution in [3.05, 3.63) is 42.5 Å². The highest BCUT2D eigenvalue weighted by Crippen LogP contribution is 2.35. The molecule has 1 N–H and O–H groups in total. The molecule has 120 valence electrons. The molecule has 5 nitrogen and oxygen atoms in total.